The highest BCUT2D eigenvalue weighted by Gasteiger charge is 2.20. The number of piperazine rings is 1. The zero-order valence-electron chi connectivity index (χ0n) is 10.4. The van der Waals surface area contributed by atoms with Gasteiger partial charge >= 0.3 is 0 Å². The quantitative estimate of drug-likeness (QED) is 0.531. The number of carbonyl (C=O) groups is 1. The van der Waals surface area contributed by atoms with Crippen molar-refractivity contribution in [3.63, 3.8) is 0 Å². The minimum Gasteiger partial charge on any atom is -0.392 e. The average molecular weight is 259 g/mol. The fourth-order valence-electron chi connectivity index (χ4n) is 1.90. The monoisotopic (exact) mass is 259 g/mol. The van der Waals surface area contributed by atoms with Crippen LogP contribution in [-0.2, 0) is 9.53 Å². The summed E-state index contributed by atoms with van der Waals surface area (Å²) < 4.78 is 4.93. The zero-order chi connectivity index (χ0) is 12.7. The summed E-state index contributed by atoms with van der Waals surface area (Å²) in [5.41, 5.74) is 5.49. The Morgan fingerprint density at radius 1 is 1.35 bits per heavy atom. The van der Waals surface area contributed by atoms with Crippen LogP contribution in [0.3, 0.4) is 0 Å². The summed E-state index contributed by atoms with van der Waals surface area (Å²) in [4.78, 5) is 16.4. The summed E-state index contributed by atoms with van der Waals surface area (Å²) in [6.07, 6.45) is 1.37. The number of amides is 1. The molecule has 1 fully saturated rings. The van der Waals surface area contributed by atoms with Gasteiger partial charge in [0.2, 0.25) is 5.91 Å². The maximum atomic E-state index is 11.8. The van der Waals surface area contributed by atoms with Crippen LogP contribution < -0.4 is 5.73 Å². The van der Waals surface area contributed by atoms with Gasteiger partial charge in [-0.05, 0) is 6.42 Å². The largest absolute Gasteiger partial charge is 0.392 e. The van der Waals surface area contributed by atoms with Crippen LogP contribution in [0, 0.1) is 0 Å². The molecule has 17 heavy (non-hydrogen) atoms. The first-order chi connectivity index (χ1) is 8.13. The Hall–Kier alpha value is -0.720. The van der Waals surface area contributed by atoms with E-state index in [1.165, 1.54) is 0 Å². The first-order valence-electron chi connectivity index (χ1n) is 5.91. The molecular formula is C11H21N3O2S. The normalized spacial score (nSPS) is 17.1. The Morgan fingerprint density at radius 3 is 2.53 bits per heavy atom. The molecule has 0 aromatic heterocycles. The third-order valence-corrected chi connectivity index (χ3v) is 2.97. The van der Waals surface area contributed by atoms with E-state index in [9.17, 15) is 4.79 Å². The molecule has 0 unspecified atom stereocenters. The summed E-state index contributed by atoms with van der Waals surface area (Å²) in [5.74, 6) is 0.219. The third-order valence-electron chi connectivity index (χ3n) is 2.84. The molecule has 1 amide bonds. The third kappa shape index (κ3) is 5.43. The molecule has 0 aliphatic carbocycles. The van der Waals surface area contributed by atoms with E-state index in [2.05, 4.69) is 4.90 Å². The van der Waals surface area contributed by atoms with E-state index in [0.717, 1.165) is 32.6 Å². The van der Waals surface area contributed by atoms with Gasteiger partial charge < -0.3 is 15.4 Å². The summed E-state index contributed by atoms with van der Waals surface area (Å²) in [5, 5.41) is 0. The van der Waals surface area contributed by atoms with Crippen LogP contribution in [0.4, 0.5) is 0 Å². The number of hydrogen-bond donors (Lipinski definition) is 1. The predicted molar refractivity (Wildman–Crippen MR) is 70.9 cm³/mol. The van der Waals surface area contributed by atoms with E-state index in [4.69, 9.17) is 22.7 Å². The van der Waals surface area contributed by atoms with Crippen LogP contribution in [0.1, 0.15) is 12.8 Å². The van der Waals surface area contributed by atoms with E-state index in [-0.39, 0.29) is 5.91 Å². The van der Waals surface area contributed by atoms with Gasteiger partial charge in [-0.3, -0.25) is 9.69 Å². The van der Waals surface area contributed by atoms with Crippen LogP contribution >= 0.6 is 12.2 Å². The van der Waals surface area contributed by atoms with Gasteiger partial charge in [0.05, 0.1) is 4.99 Å². The molecule has 0 saturated carbocycles. The van der Waals surface area contributed by atoms with Crippen molar-refractivity contribution in [1.29, 1.82) is 0 Å². The lowest BCUT2D eigenvalue weighted by molar-refractivity contribution is -0.133. The van der Waals surface area contributed by atoms with Crippen molar-refractivity contribution in [2.75, 3.05) is 46.4 Å². The molecule has 6 heteroatoms. The number of thiocarbonyl (C=S) groups is 1. The average Bonchev–Trinajstić information content (AvgIpc) is 2.29. The van der Waals surface area contributed by atoms with Crippen LogP contribution in [-0.4, -0.2) is 67.1 Å². The van der Waals surface area contributed by atoms with Crippen molar-refractivity contribution >= 4 is 23.1 Å². The van der Waals surface area contributed by atoms with Gasteiger partial charge in [0.25, 0.3) is 0 Å². The van der Waals surface area contributed by atoms with Gasteiger partial charge in [0.15, 0.2) is 0 Å². The number of ether oxygens (including phenoxy) is 1. The van der Waals surface area contributed by atoms with Gasteiger partial charge in [0.1, 0.15) is 0 Å². The van der Waals surface area contributed by atoms with E-state index >= 15 is 0 Å². The van der Waals surface area contributed by atoms with Crippen LogP contribution in [0.5, 0.6) is 0 Å². The molecule has 0 aromatic rings. The molecule has 98 valence electrons. The van der Waals surface area contributed by atoms with E-state index in [1.54, 1.807) is 7.11 Å². The second-order valence-electron chi connectivity index (χ2n) is 4.22. The summed E-state index contributed by atoms with van der Waals surface area (Å²) in [7, 11) is 1.65. The van der Waals surface area contributed by atoms with E-state index < -0.39 is 0 Å². The zero-order valence-corrected chi connectivity index (χ0v) is 11.2. The minimum absolute atomic E-state index is 0.219. The molecular weight excluding hydrogens is 238 g/mol. The summed E-state index contributed by atoms with van der Waals surface area (Å²) in [6, 6.07) is 0. The molecule has 0 aromatic carbocycles. The van der Waals surface area contributed by atoms with Gasteiger partial charge in [-0.25, -0.2) is 0 Å². The minimum atomic E-state index is 0.219. The number of hydrogen-bond acceptors (Lipinski definition) is 4. The lowest BCUT2D eigenvalue weighted by Crippen LogP contribution is -2.50. The fraction of sp³-hybridized carbons (Fsp3) is 0.818. The van der Waals surface area contributed by atoms with Crippen LogP contribution in [0.15, 0.2) is 0 Å². The highest BCUT2D eigenvalue weighted by molar-refractivity contribution is 7.80. The van der Waals surface area contributed by atoms with Crippen LogP contribution in [0.2, 0.25) is 0 Å². The Balaban J connectivity index is 2.21. The second-order valence-corrected chi connectivity index (χ2v) is 4.74. The molecule has 0 spiro atoms. The van der Waals surface area contributed by atoms with Crippen molar-refractivity contribution in [1.82, 2.24) is 9.80 Å². The first-order valence-corrected chi connectivity index (χ1v) is 6.31. The van der Waals surface area contributed by atoms with Crippen molar-refractivity contribution in [3.05, 3.63) is 0 Å². The Labute approximate surface area is 108 Å². The van der Waals surface area contributed by atoms with E-state index in [0.29, 0.717) is 24.6 Å². The molecule has 1 heterocycles. The molecule has 0 radical (unpaired) electrons. The maximum absolute atomic E-state index is 11.8. The Morgan fingerprint density at radius 2 is 2.00 bits per heavy atom. The SMILES string of the molecule is COCCCC(=O)N1CCN(CC(N)=S)CC1. The van der Waals surface area contributed by atoms with Crippen molar-refractivity contribution in [2.24, 2.45) is 5.73 Å². The molecule has 2 N–H and O–H groups in total. The topological polar surface area (TPSA) is 58.8 Å². The lowest BCUT2D eigenvalue weighted by Gasteiger charge is -2.34. The highest BCUT2D eigenvalue weighted by atomic mass is 32.1. The molecule has 0 atom stereocenters. The Bertz CT molecular complexity index is 265. The maximum Gasteiger partial charge on any atom is 0.222 e. The number of nitrogens with zero attached hydrogens (tertiary/aromatic N) is 2. The van der Waals surface area contributed by atoms with Crippen molar-refractivity contribution in [3.8, 4) is 0 Å². The van der Waals surface area contributed by atoms with Gasteiger partial charge in [-0.15, -0.1) is 0 Å². The standard InChI is InChI=1S/C11H21N3O2S/c1-16-8-2-3-11(15)14-6-4-13(5-7-14)9-10(12)17/h2-9H2,1H3,(H2,12,17). The van der Waals surface area contributed by atoms with Gasteiger partial charge in [0, 0.05) is 52.9 Å². The molecule has 5 nitrogen and oxygen atoms in total. The number of carbonyl (C=O) groups excluding carboxylic acids is 1. The van der Waals surface area contributed by atoms with Gasteiger partial charge in [-0.1, -0.05) is 12.2 Å². The molecule has 1 aliphatic rings. The second kappa shape index (κ2) is 7.58. The molecule has 1 rings (SSSR count). The smallest absolute Gasteiger partial charge is 0.222 e. The summed E-state index contributed by atoms with van der Waals surface area (Å²) >= 11 is 4.87. The number of methoxy groups -OCH3 is 1. The molecule has 1 saturated heterocycles. The predicted octanol–water partition coefficient (Wildman–Crippen LogP) is -0.157. The highest BCUT2D eigenvalue weighted by Crippen LogP contribution is 2.05. The lowest BCUT2D eigenvalue weighted by atomic mass is 10.2. The fourth-order valence-corrected chi connectivity index (χ4v) is 2.08. The molecule has 0 bridgehead atoms. The first kappa shape index (κ1) is 14.3. The van der Waals surface area contributed by atoms with Crippen molar-refractivity contribution in [2.45, 2.75) is 12.8 Å². The van der Waals surface area contributed by atoms with Gasteiger partial charge in [-0.2, -0.15) is 0 Å². The van der Waals surface area contributed by atoms with E-state index in [1.807, 2.05) is 4.90 Å². The Kier molecular flexibility index (Phi) is 6.39. The number of nitrogens with two attached hydrogens (primary N) is 1. The van der Waals surface area contributed by atoms with Crippen LogP contribution in [0.25, 0.3) is 0 Å². The number of rotatable bonds is 6. The van der Waals surface area contributed by atoms with Crippen molar-refractivity contribution < 1.29 is 9.53 Å². The summed E-state index contributed by atoms with van der Waals surface area (Å²) in [6.45, 7) is 4.55. The molecule has 1 aliphatic heterocycles.